The first kappa shape index (κ1) is 17.4. The van der Waals surface area contributed by atoms with Crippen molar-refractivity contribution in [3.05, 3.63) is 42.0 Å². The fraction of sp³-hybridized carbons (Fsp3) is 0.294. The van der Waals surface area contributed by atoms with Gasteiger partial charge in [0.1, 0.15) is 0 Å². The molecule has 0 aliphatic carbocycles. The zero-order valence-corrected chi connectivity index (χ0v) is 13.7. The van der Waals surface area contributed by atoms with E-state index in [1.54, 1.807) is 36.4 Å². The summed E-state index contributed by atoms with van der Waals surface area (Å²) in [4.78, 5) is 23.0. The first-order valence-corrected chi connectivity index (χ1v) is 7.71. The third kappa shape index (κ3) is 5.05. The smallest absolute Gasteiger partial charge is 0.337 e. The molecule has 0 unspecified atom stereocenters. The topological polar surface area (TPSA) is 93.2 Å². The molecule has 0 bridgehead atoms. The summed E-state index contributed by atoms with van der Waals surface area (Å²) < 4.78 is 4.65. The predicted octanol–water partition coefficient (Wildman–Crippen LogP) is 3.14. The van der Waals surface area contributed by atoms with Crippen LogP contribution in [-0.2, 0) is 9.53 Å². The Balaban J connectivity index is 1.94. The number of aromatic nitrogens is 2. The summed E-state index contributed by atoms with van der Waals surface area (Å²) >= 11 is 0. The van der Waals surface area contributed by atoms with Crippen molar-refractivity contribution in [3.8, 4) is 0 Å². The van der Waals surface area contributed by atoms with Crippen LogP contribution in [0.2, 0.25) is 0 Å². The average molecular weight is 328 g/mol. The van der Waals surface area contributed by atoms with Gasteiger partial charge in [0.25, 0.3) is 0 Å². The molecule has 2 rings (SSSR count). The number of amides is 1. The van der Waals surface area contributed by atoms with Crippen LogP contribution in [0.5, 0.6) is 0 Å². The molecule has 1 aromatic carbocycles. The van der Waals surface area contributed by atoms with E-state index in [0.717, 1.165) is 18.5 Å². The highest BCUT2D eigenvalue weighted by Crippen LogP contribution is 2.16. The Bertz CT molecular complexity index is 684. The van der Waals surface area contributed by atoms with Gasteiger partial charge in [0, 0.05) is 12.1 Å². The van der Waals surface area contributed by atoms with Gasteiger partial charge in [0.05, 0.1) is 12.7 Å². The van der Waals surface area contributed by atoms with E-state index in [0.29, 0.717) is 23.6 Å². The summed E-state index contributed by atoms with van der Waals surface area (Å²) in [5.41, 5.74) is 1.23. The van der Waals surface area contributed by atoms with Crippen LogP contribution in [0.15, 0.2) is 36.4 Å². The monoisotopic (exact) mass is 328 g/mol. The number of unbranched alkanes of at least 4 members (excludes halogenated alkanes) is 1. The molecule has 0 aliphatic heterocycles. The quantitative estimate of drug-likeness (QED) is 0.759. The number of nitrogens with one attached hydrogen (secondary N) is 2. The Morgan fingerprint density at radius 1 is 1.04 bits per heavy atom. The van der Waals surface area contributed by atoms with Crippen molar-refractivity contribution >= 4 is 29.2 Å². The number of methoxy groups -OCH3 is 1. The molecule has 1 heterocycles. The maximum absolute atomic E-state index is 11.6. The highest BCUT2D eigenvalue weighted by molar-refractivity contribution is 5.90. The van der Waals surface area contributed by atoms with E-state index >= 15 is 0 Å². The lowest BCUT2D eigenvalue weighted by Gasteiger charge is -2.07. The summed E-state index contributed by atoms with van der Waals surface area (Å²) in [6, 6.07) is 10.2. The second-order valence-electron chi connectivity index (χ2n) is 5.15. The molecule has 0 saturated heterocycles. The highest BCUT2D eigenvalue weighted by Gasteiger charge is 2.06. The SMILES string of the molecule is CCCCC(=O)Nc1ccc(Nc2ccc(C(=O)OC)cc2)nn1. The molecule has 0 fully saturated rings. The molecule has 7 heteroatoms. The minimum Gasteiger partial charge on any atom is -0.465 e. The molecule has 1 aromatic heterocycles. The van der Waals surface area contributed by atoms with Gasteiger partial charge < -0.3 is 15.4 Å². The Morgan fingerprint density at radius 3 is 2.29 bits per heavy atom. The van der Waals surface area contributed by atoms with Crippen LogP contribution >= 0.6 is 0 Å². The molecule has 2 N–H and O–H groups in total. The number of anilines is 3. The van der Waals surface area contributed by atoms with E-state index in [-0.39, 0.29) is 11.9 Å². The molecule has 0 radical (unpaired) electrons. The van der Waals surface area contributed by atoms with E-state index in [2.05, 4.69) is 25.6 Å². The number of hydrogen-bond acceptors (Lipinski definition) is 6. The Morgan fingerprint density at radius 2 is 1.71 bits per heavy atom. The number of benzene rings is 1. The molecule has 2 aromatic rings. The fourth-order valence-electron chi connectivity index (χ4n) is 1.96. The van der Waals surface area contributed by atoms with Gasteiger partial charge in [-0.3, -0.25) is 4.79 Å². The van der Waals surface area contributed by atoms with E-state index in [1.165, 1.54) is 7.11 Å². The molecule has 0 atom stereocenters. The van der Waals surface area contributed by atoms with Gasteiger partial charge in [-0.25, -0.2) is 4.79 Å². The lowest BCUT2D eigenvalue weighted by Crippen LogP contribution is -2.12. The van der Waals surface area contributed by atoms with Gasteiger partial charge in [-0.2, -0.15) is 0 Å². The summed E-state index contributed by atoms with van der Waals surface area (Å²) in [6.45, 7) is 2.03. The summed E-state index contributed by atoms with van der Waals surface area (Å²) in [5.74, 6) is 0.504. The van der Waals surface area contributed by atoms with Gasteiger partial charge in [-0.1, -0.05) is 13.3 Å². The number of esters is 1. The fourth-order valence-corrected chi connectivity index (χ4v) is 1.96. The van der Waals surface area contributed by atoms with E-state index in [9.17, 15) is 9.59 Å². The summed E-state index contributed by atoms with van der Waals surface area (Å²) in [5, 5.41) is 13.7. The normalized spacial score (nSPS) is 10.1. The van der Waals surface area contributed by atoms with Crippen LogP contribution in [0, 0.1) is 0 Å². The minimum atomic E-state index is -0.385. The van der Waals surface area contributed by atoms with E-state index in [4.69, 9.17) is 0 Å². The van der Waals surface area contributed by atoms with Crippen LogP contribution in [0.1, 0.15) is 36.5 Å². The second-order valence-corrected chi connectivity index (χ2v) is 5.15. The molecule has 126 valence electrons. The van der Waals surface area contributed by atoms with Crippen LogP contribution < -0.4 is 10.6 Å². The molecule has 0 spiro atoms. The van der Waals surface area contributed by atoms with Gasteiger partial charge in [-0.05, 0) is 42.8 Å². The van der Waals surface area contributed by atoms with Gasteiger partial charge in [-0.15, -0.1) is 10.2 Å². The number of carbonyl (C=O) groups excluding carboxylic acids is 2. The molecule has 0 aliphatic rings. The maximum atomic E-state index is 11.6. The number of rotatable bonds is 7. The summed E-state index contributed by atoms with van der Waals surface area (Å²) in [6.07, 6.45) is 2.29. The Hall–Kier alpha value is -2.96. The van der Waals surface area contributed by atoms with Crippen LogP contribution in [0.4, 0.5) is 17.3 Å². The van der Waals surface area contributed by atoms with Gasteiger partial charge in [0.2, 0.25) is 5.91 Å². The molecular weight excluding hydrogens is 308 g/mol. The molecule has 0 saturated carbocycles. The lowest BCUT2D eigenvalue weighted by molar-refractivity contribution is -0.116. The van der Waals surface area contributed by atoms with E-state index in [1.807, 2.05) is 6.92 Å². The molecule has 1 amide bonds. The maximum Gasteiger partial charge on any atom is 0.337 e. The van der Waals surface area contributed by atoms with Crippen LogP contribution in [0.25, 0.3) is 0 Å². The summed E-state index contributed by atoms with van der Waals surface area (Å²) in [7, 11) is 1.34. The first-order chi connectivity index (χ1) is 11.6. The van der Waals surface area contributed by atoms with Gasteiger partial charge in [0.15, 0.2) is 11.6 Å². The first-order valence-electron chi connectivity index (χ1n) is 7.71. The molecule has 24 heavy (non-hydrogen) atoms. The van der Waals surface area contributed by atoms with Crippen molar-refractivity contribution in [3.63, 3.8) is 0 Å². The minimum absolute atomic E-state index is 0.0646. The average Bonchev–Trinajstić information content (AvgIpc) is 2.61. The van der Waals surface area contributed by atoms with Crippen LogP contribution in [-0.4, -0.2) is 29.2 Å². The van der Waals surface area contributed by atoms with Crippen molar-refractivity contribution in [2.45, 2.75) is 26.2 Å². The lowest BCUT2D eigenvalue weighted by atomic mass is 10.2. The van der Waals surface area contributed by atoms with Crippen molar-refractivity contribution in [1.82, 2.24) is 10.2 Å². The number of hydrogen-bond donors (Lipinski definition) is 2. The third-order valence-corrected chi connectivity index (χ3v) is 3.27. The number of carbonyl (C=O) groups is 2. The van der Waals surface area contributed by atoms with Crippen LogP contribution in [0.3, 0.4) is 0 Å². The third-order valence-electron chi connectivity index (χ3n) is 3.27. The number of nitrogens with zero attached hydrogens (tertiary/aromatic N) is 2. The van der Waals surface area contributed by atoms with Crippen molar-refractivity contribution in [2.24, 2.45) is 0 Å². The zero-order valence-electron chi connectivity index (χ0n) is 13.7. The standard InChI is InChI=1S/C17H20N4O3/c1-3-4-5-16(22)19-15-11-10-14(20-21-15)18-13-8-6-12(7-9-13)17(23)24-2/h6-11H,3-5H2,1-2H3,(H,18,20)(H,19,21,22). The Kier molecular flexibility index (Phi) is 6.24. The predicted molar refractivity (Wildman–Crippen MR) is 91.3 cm³/mol. The zero-order chi connectivity index (χ0) is 17.4. The molecule has 7 nitrogen and oxygen atoms in total. The number of ether oxygens (including phenoxy) is 1. The van der Waals surface area contributed by atoms with E-state index < -0.39 is 0 Å². The van der Waals surface area contributed by atoms with Crippen molar-refractivity contribution < 1.29 is 14.3 Å². The highest BCUT2D eigenvalue weighted by atomic mass is 16.5. The molecular formula is C17H20N4O3. The second kappa shape index (κ2) is 8.61. The van der Waals surface area contributed by atoms with Crippen molar-refractivity contribution in [2.75, 3.05) is 17.7 Å². The van der Waals surface area contributed by atoms with Gasteiger partial charge >= 0.3 is 5.97 Å². The Labute approximate surface area is 140 Å². The van der Waals surface area contributed by atoms with Crippen molar-refractivity contribution in [1.29, 1.82) is 0 Å². The largest absolute Gasteiger partial charge is 0.465 e.